The first-order valence-corrected chi connectivity index (χ1v) is 10.1. The number of hydrogen-bond donors (Lipinski definition) is 2. The zero-order chi connectivity index (χ0) is 20.9. The quantitative estimate of drug-likeness (QED) is 0.758. The molecule has 2 aromatic carbocycles. The van der Waals surface area contributed by atoms with E-state index in [1.165, 1.54) is 5.56 Å². The fourth-order valence-electron chi connectivity index (χ4n) is 3.50. The number of urea groups is 1. The number of carbonyl (C=O) groups excluding carboxylic acids is 2. The van der Waals surface area contributed by atoms with Crippen molar-refractivity contribution < 1.29 is 19.1 Å². The average Bonchev–Trinajstić information content (AvgIpc) is 3.17. The Bertz CT molecular complexity index is 931. The molecule has 30 heavy (non-hydrogen) atoms. The van der Waals surface area contributed by atoms with Gasteiger partial charge in [-0.25, -0.2) is 4.79 Å². The van der Waals surface area contributed by atoms with Crippen LogP contribution >= 0.6 is 11.6 Å². The number of nitrogens with one attached hydrogen (secondary N) is 2. The van der Waals surface area contributed by atoms with E-state index in [0.717, 1.165) is 37.7 Å². The van der Waals surface area contributed by atoms with Crippen molar-refractivity contribution in [3.63, 3.8) is 0 Å². The number of piperazine rings is 1. The maximum Gasteiger partial charge on any atom is 0.325 e. The third-order valence-corrected chi connectivity index (χ3v) is 5.25. The van der Waals surface area contributed by atoms with Crippen LogP contribution in [0, 0.1) is 0 Å². The van der Waals surface area contributed by atoms with Gasteiger partial charge in [-0.3, -0.25) is 19.9 Å². The van der Waals surface area contributed by atoms with Gasteiger partial charge < -0.3 is 14.8 Å². The van der Waals surface area contributed by atoms with Crippen LogP contribution in [0.15, 0.2) is 42.5 Å². The molecule has 1 saturated heterocycles. The summed E-state index contributed by atoms with van der Waals surface area (Å²) in [7, 11) is 0. The molecule has 2 N–H and O–H groups in total. The minimum atomic E-state index is -0.571. The number of carbonyl (C=O) groups is 2. The normalized spacial score (nSPS) is 16.3. The van der Waals surface area contributed by atoms with Gasteiger partial charge in [-0.1, -0.05) is 23.7 Å². The second-order valence-corrected chi connectivity index (χ2v) is 7.69. The van der Waals surface area contributed by atoms with Gasteiger partial charge in [-0.05, 0) is 29.8 Å². The number of rotatable bonds is 5. The lowest BCUT2D eigenvalue weighted by molar-refractivity contribution is -0.121. The Morgan fingerprint density at radius 1 is 0.967 bits per heavy atom. The highest BCUT2D eigenvalue weighted by Gasteiger charge is 2.20. The number of benzene rings is 2. The topological polar surface area (TPSA) is 83.1 Å². The van der Waals surface area contributed by atoms with Crippen LogP contribution in [-0.4, -0.2) is 61.3 Å². The zero-order valence-corrected chi connectivity index (χ0v) is 17.2. The Morgan fingerprint density at radius 3 is 2.53 bits per heavy atom. The van der Waals surface area contributed by atoms with Gasteiger partial charge in [-0.15, -0.1) is 0 Å². The van der Waals surface area contributed by atoms with Gasteiger partial charge in [0.05, 0.1) is 6.54 Å². The predicted octanol–water partition coefficient (Wildman–Crippen LogP) is 2.53. The first-order chi connectivity index (χ1) is 14.5. The lowest BCUT2D eigenvalue weighted by Gasteiger charge is -2.34. The van der Waals surface area contributed by atoms with Crippen LogP contribution in [0.4, 0.5) is 10.5 Å². The molecule has 3 amide bonds. The molecule has 158 valence electrons. The number of nitrogens with zero attached hydrogens (tertiary/aromatic N) is 2. The Balaban J connectivity index is 1.19. The highest BCUT2D eigenvalue weighted by Crippen LogP contribution is 2.34. The van der Waals surface area contributed by atoms with Crippen molar-refractivity contribution in [2.45, 2.75) is 6.54 Å². The van der Waals surface area contributed by atoms with Crippen molar-refractivity contribution in [1.82, 2.24) is 15.1 Å². The summed E-state index contributed by atoms with van der Waals surface area (Å²) in [6.07, 6.45) is 0. The Morgan fingerprint density at radius 2 is 1.73 bits per heavy atom. The van der Waals surface area contributed by atoms with Crippen molar-refractivity contribution in [3.8, 4) is 11.5 Å². The van der Waals surface area contributed by atoms with Crippen LogP contribution in [-0.2, 0) is 11.3 Å². The molecule has 0 unspecified atom stereocenters. The van der Waals surface area contributed by atoms with Crippen molar-refractivity contribution in [1.29, 1.82) is 0 Å². The second-order valence-electron chi connectivity index (χ2n) is 7.25. The molecule has 0 atom stereocenters. The van der Waals surface area contributed by atoms with E-state index >= 15 is 0 Å². The molecule has 0 aliphatic carbocycles. The summed E-state index contributed by atoms with van der Waals surface area (Å²) in [5.41, 5.74) is 1.70. The van der Waals surface area contributed by atoms with Crippen LogP contribution in [0.25, 0.3) is 0 Å². The standard InChI is InChI=1S/C21H23ClN4O4/c22-16-3-1-2-15(10-16)12-25-6-8-26(9-7-25)13-20(27)24-21(28)23-17-4-5-18-19(11-17)30-14-29-18/h1-5,10-11H,6-9,12-14H2,(H2,23,24,27,28). The Labute approximate surface area is 179 Å². The van der Waals surface area contributed by atoms with Gasteiger partial charge >= 0.3 is 6.03 Å². The monoisotopic (exact) mass is 430 g/mol. The summed E-state index contributed by atoms with van der Waals surface area (Å²) in [4.78, 5) is 28.7. The van der Waals surface area contributed by atoms with Gasteiger partial charge in [0, 0.05) is 49.5 Å². The number of ether oxygens (including phenoxy) is 2. The highest BCUT2D eigenvalue weighted by molar-refractivity contribution is 6.30. The van der Waals surface area contributed by atoms with Crippen LogP contribution in [0.5, 0.6) is 11.5 Å². The van der Waals surface area contributed by atoms with Crippen molar-refractivity contribution in [3.05, 3.63) is 53.1 Å². The third kappa shape index (κ3) is 5.41. The largest absolute Gasteiger partial charge is 0.454 e. The van der Waals surface area contributed by atoms with E-state index in [1.807, 2.05) is 23.1 Å². The molecule has 0 radical (unpaired) electrons. The number of fused-ring (bicyclic) bond motifs is 1. The van der Waals surface area contributed by atoms with Crippen LogP contribution in [0.1, 0.15) is 5.56 Å². The molecule has 8 nitrogen and oxygen atoms in total. The van der Waals surface area contributed by atoms with Crippen molar-refractivity contribution in [2.75, 3.05) is 44.8 Å². The number of anilines is 1. The molecule has 2 aromatic rings. The molecule has 2 aliphatic rings. The molecular weight excluding hydrogens is 408 g/mol. The fourth-order valence-corrected chi connectivity index (χ4v) is 3.72. The Hall–Kier alpha value is -2.81. The summed E-state index contributed by atoms with van der Waals surface area (Å²) in [6.45, 7) is 4.40. The summed E-state index contributed by atoms with van der Waals surface area (Å²) >= 11 is 6.04. The predicted molar refractivity (Wildman–Crippen MR) is 113 cm³/mol. The SMILES string of the molecule is O=C(CN1CCN(Cc2cccc(Cl)c2)CC1)NC(=O)Nc1ccc2c(c1)OCO2. The maximum atomic E-state index is 12.2. The lowest BCUT2D eigenvalue weighted by atomic mass is 10.2. The van der Waals surface area contributed by atoms with Crippen molar-refractivity contribution in [2.24, 2.45) is 0 Å². The van der Waals surface area contributed by atoms with Gasteiger partial charge in [0.2, 0.25) is 12.7 Å². The molecule has 0 bridgehead atoms. The number of amides is 3. The van der Waals surface area contributed by atoms with E-state index < -0.39 is 6.03 Å². The van der Waals surface area contributed by atoms with Gasteiger partial charge in [0.15, 0.2) is 11.5 Å². The molecule has 2 heterocycles. The Kier molecular flexibility index (Phi) is 6.37. The van der Waals surface area contributed by atoms with Crippen LogP contribution < -0.4 is 20.1 Å². The van der Waals surface area contributed by atoms with E-state index in [4.69, 9.17) is 21.1 Å². The first kappa shape index (κ1) is 20.5. The van der Waals surface area contributed by atoms with Gasteiger partial charge in [0.1, 0.15) is 0 Å². The fraction of sp³-hybridized carbons (Fsp3) is 0.333. The van der Waals surface area contributed by atoms with Crippen molar-refractivity contribution >= 4 is 29.2 Å². The van der Waals surface area contributed by atoms with Crippen LogP contribution in [0.2, 0.25) is 5.02 Å². The summed E-state index contributed by atoms with van der Waals surface area (Å²) in [5, 5.41) is 5.74. The molecule has 9 heteroatoms. The summed E-state index contributed by atoms with van der Waals surface area (Å²) in [6, 6.07) is 12.3. The molecule has 4 rings (SSSR count). The zero-order valence-electron chi connectivity index (χ0n) is 16.4. The third-order valence-electron chi connectivity index (χ3n) is 5.01. The minimum Gasteiger partial charge on any atom is -0.454 e. The highest BCUT2D eigenvalue weighted by atomic mass is 35.5. The summed E-state index contributed by atoms with van der Waals surface area (Å²) in [5.74, 6) is 0.859. The van der Waals surface area contributed by atoms with Gasteiger partial charge in [-0.2, -0.15) is 0 Å². The number of hydrogen-bond acceptors (Lipinski definition) is 6. The van der Waals surface area contributed by atoms with Crippen LogP contribution in [0.3, 0.4) is 0 Å². The van der Waals surface area contributed by atoms with E-state index in [0.29, 0.717) is 17.2 Å². The molecule has 0 saturated carbocycles. The first-order valence-electron chi connectivity index (χ1n) is 9.75. The number of halogens is 1. The smallest absolute Gasteiger partial charge is 0.325 e. The molecule has 1 fully saturated rings. The van der Waals surface area contributed by atoms with E-state index in [2.05, 4.69) is 21.6 Å². The van der Waals surface area contributed by atoms with E-state index in [9.17, 15) is 9.59 Å². The molecule has 0 aromatic heterocycles. The molecular formula is C21H23ClN4O4. The van der Waals surface area contributed by atoms with E-state index in [-0.39, 0.29) is 19.2 Å². The lowest BCUT2D eigenvalue weighted by Crippen LogP contribution is -2.50. The average molecular weight is 431 g/mol. The number of imide groups is 1. The molecule has 2 aliphatic heterocycles. The van der Waals surface area contributed by atoms with Gasteiger partial charge in [0.25, 0.3) is 0 Å². The molecule has 0 spiro atoms. The maximum absolute atomic E-state index is 12.2. The summed E-state index contributed by atoms with van der Waals surface area (Å²) < 4.78 is 10.5. The second kappa shape index (κ2) is 9.34. The minimum absolute atomic E-state index is 0.163. The van der Waals surface area contributed by atoms with E-state index in [1.54, 1.807) is 18.2 Å².